The number of aromatic nitrogens is 4. The number of thiazole rings is 1. The Morgan fingerprint density at radius 1 is 0.779 bits per heavy atom. The third kappa shape index (κ3) is 11.5. The fraction of sp³-hybridized carbons (Fsp3) is 0.192. The average molecular weight is 949 g/mol. The van der Waals surface area contributed by atoms with Crippen molar-refractivity contribution in [2.75, 3.05) is 26.1 Å². The van der Waals surface area contributed by atoms with Gasteiger partial charge in [-0.1, -0.05) is 146 Å². The van der Waals surface area contributed by atoms with Crippen LogP contribution in [-0.4, -0.2) is 63.0 Å². The summed E-state index contributed by atoms with van der Waals surface area (Å²) in [6.07, 6.45) is 3.06. The maximum atomic E-state index is 12.7. The van der Waals surface area contributed by atoms with E-state index in [-0.39, 0.29) is 47.6 Å². The van der Waals surface area contributed by atoms with Gasteiger partial charge in [0.2, 0.25) is 5.71 Å². The summed E-state index contributed by atoms with van der Waals surface area (Å²) in [4.78, 5) is 27.8. The summed E-state index contributed by atoms with van der Waals surface area (Å²) in [5.41, 5.74) is 4.17. The van der Waals surface area contributed by atoms with Crippen LogP contribution in [0.2, 0.25) is 0 Å². The molecule has 5 aromatic carbocycles. The number of aliphatic carboxylic acids is 1. The number of nitrogens with zero attached hydrogens (tertiary/aromatic N) is 5. The molecule has 0 saturated heterocycles. The zero-order valence-electron chi connectivity index (χ0n) is 37.5. The van der Waals surface area contributed by atoms with Crippen molar-refractivity contribution < 1.29 is 38.1 Å². The molecule has 8 aromatic rings. The molecular formula is C52H48N6O8S2. The van der Waals surface area contributed by atoms with Gasteiger partial charge in [-0.2, -0.15) is 0 Å². The smallest absolute Gasteiger partial charge is 0.360 e. The Kier molecular flexibility index (Phi) is 15.6. The second-order valence-corrected chi connectivity index (χ2v) is 17.4. The fourth-order valence-corrected chi connectivity index (χ4v) is 9.02. The molecule has 0 spiro atoms. The van der Waals surface area contributed by atoms with E-state index in [9.17, 15) is 9.90 Å². The predicted molar refractivity (Wildman–Crippen MR) is 262 cm³/mol. The van der Waals surface area contributed by atoms with Crippen molar-refractivity contribution in [2.45, 2.75) is 49.0 Å². The van der Waals surface area contributed by atoms with Crippen molar-refractivity contribution in [1.29, 1.82) is 0 Å². The SMILES string of the molecule is CCCC(CO/N=C(\C(=O)O)c1csc(NC(c2ccccc2)(c2ccccc2)c2ccccc2)n1)Sc1nnc(-c2cc(OCc3ccc(OC)cc3)c(OCc3ccc(OC)cc3)cn2)o1. The summed E-state index contributed by atoms with van der Waals surface area (Å²) in [5.74, 6) is 1.25. The van der Waals surface area contributed by atoms with Gasteiger partial charge in [-0.15, -0.1) is 21.5 Å². The molecule has 0 saturated carbocycles. The van der Waals surface area contributed by atoms with Gasteiger partial charge in [0.05, 0.1) is 25.7 Å². The minimum absolute atomic E-state index is 0.0587. The Bertz CT molecular complexity index is 2790. The van der Waals surface area contributed by atoms with Crippen LogP contribution in [0.4, 0.5) is 5.13 Å². The summed E-state index contributed by atoms with van der Waals surface area (Å²) in [5, 5.41) is 28.9. The predicted octanol–water partition coefficient (Wildman–Crippen LogP) is 10.9. The Balaban J connectivity index is 0.969. The van der Waals surface area contributed by atoms with E-state index in [1.54, 1.807) is 31.9 Å². The maximum Gasteiger partial charge on any atom is 0.360 e. The zero-order chi connectivity index (χ0) is 47.1. The van der Waals surface area contributed by atoms with Gasteiger partial charge >= 0.3 is 5.97 Å². The minimum Gasteiger partial charge on any atom is -0.497 e. The molecule has 1 unspecified atom stereocenters. The van der Waals surface area contributed by atoms with E-state index in [1.807, 2.05) is 110 Å². The molecule has 0 amide bonds. The first-order valence-electron chi connectivity index (χ1n) is 21.7. The quantitative estimate of drug-likeness (QED) is 0.0268. The number of hydrogen-bond acceptors (Lipinski definition) is 15. The molecule has 0 aliphatic carbocycles. The molecular weight excluding hydrogens is 901 g/mol. The molecule has 8 rings (SSSR count). The van der Waals surface area contributed by atoms with Crippen LogP contribution in [0.1, 0.15) is 53.3 Å². The second kappa shape index (κ2) is 22.7. The van der Waals surface area contributed by atoms with Crippen LogP contribution in [0.15, 0.2) is 172 Å². The van der Waals surface area contributed by atoms with Crippen molar-refractivity contribution >= 4 is 39.9 Å². The summed E-state index contributed by atoms with van der Waals surface area (Å²) < 4.78 is 29.2. The Morgan fingerprint density at radius 2 is 1.34 bits per heavy atom. The third-order valence-corrected chi connectivity index (χ3v) is 12.6. The lowest BCUT2D eigenvalue weighted by molar-refractivity contribution is -0.129. The van der Waals surface area contributed by atoms with E-state index in [4.69, 9.17) is 33.2 Å². The second-order valence-electron chi connectivity index (χ2n) is 15.2. The van der Waals surface area contributed by atoms with E-state index in [0.29, 0.717) is 28.7 Å². The maximum absolute atomic E-state index is 12.7. The number of methoxy groups -OCH3 is 2. The van der Waals surface area contributed by atoms with Crippen LogP contribution >= 0.6 is 23.1 Å². The van der Waals surface area contributed by atoms with Crippen molar-refractivity contribution in [3.8, 4) is 34.6 Å². The number of ether oxygens (including phenoxy) is 4. The highest BCUT2D eigenvalue weighted by atomic mass is 32.2. The molecule has 16 heteroatoms. The molecule has 0 aliphatic heterocycles. The first-order valence-corrected chi connectivity index (χ1v) is 23.5. The molecule has 1 atom stereocenters. The van der Waals surface area contributed by atoms with Gasteiger partial charge in [0.15, 0.2) is 16.6 Å². The van der Waals surface area contributed by atoms with Crippen molar-refractivity contribution in [1.82, 2.24) is 20.2 Å². The summed E-state index contributed by atoms with van der Waals surface area (Å²) >= 11 is 2.59. The van der Waals surface area contributed by atoms with Crippen molar-refractivity contribution in [3.63, 3.8) is 0 Å². The number of carboxylic acids is 1. The number of carbonyl (C=O) groups is 1. The molecule has 0 aliphatic rings. The summed E-state index contributed by atoms with van der Waals surface area (Å²) in [6, 6.07) is 47.1. The lowest BCUT2D eigenvalue weighted by Gasteiger charge is -2.36. The Hall–Kier alpha value is -7.69. The lowest BCUT2D eigenvalue weighted by atomic mass is 9.77. The van der Waals surface area contributed by atoms with Crippen LogP contribution in [-0.2, 0) is 28.4 Å². The highest BCUT2D eigenvalue weighted by Crippen LogP contribution is 2.41. The molecule has 0 radical (unpaired) electrons. The van der Waals surface area contributed by atoms with Crippen LogP contribution < -0.4 is 24.3 Å². The summed E-state index contributed by atoms with van der Waals surface area (Å²) in [6.45, 7) is 2.62. The molecule has 14 nitrogen and oxygen atoms in total. The number of anilines is 1. The Morgan fingerprint density at radius 3 is 1.87 bits per heavy atom. The number of benzene rings is 5. The van der Waals surface area contributed by atoms with Crippen LogP contribution in [0.25, 0.3) is 11.6 Å². The van der Waals surface area contributed by atoms with Gasteiger partial charge in [-0.05, 0) is 58.5 Å². The molecule has 2 N–H and O–H groups in total. The lowest BCUT2D eigenvalue weighted by Crippen LogP contribution is -2.38. The first-order chi connectivity index (χ1) is 33.3. The van der Waals surface area contributed by atoms with E-state index < -0.39 is 11.5 Å². The highest BCUT2D eigenvalue weighted by molar-refractivity contribution is 7.99. The number of oxime groups is 1. The van der Waals surface area contributed by atoms with Gasteiger partial charge in [-0.25, -0.2) is 14.8 Å². The first kappa shape index (κ1) is 46.8. The number of rotatable bonds is 23. The molecule has 68 heavy (non-hydrogen) atoms. The van der Waals surface area contributed by atoms with Crippen LogP contribution in [0, 0.1) is 0 Å². The molecule has 3 heterocycles. The molecule has 0 fully saturated rings. The fourth-order valence-electron chi connectivity index (χ4n) is 7.29. The standard InChI is InChI=1S/C52H48N6O8S2/c1-4-14-42(33-65-58-47(49(59)60)44-34-67-50(54-44)55-52(37-15-8-5-9-16-37,38-17-10-6-11-18-38)39-19-12-7-13-20-39)68-51-57-56-48(66-51)43-29-45(63-31-35-21-25-40(61-2)26-22-35)46(30-53-43)64-32-36-23-27-41(62-3)28-24-36/h5-13,15-30,34,42H,4,14,31-33H2,1-3H3,(H,54,55)(H,59,60)/b58-47-. The van der Waals surface area contributed by atoms with Gasteiger partial charge in [0.25, 0.3) is 11.1 Å². The van der Waals surface area contributed by atoms with Gasteiger partial charge in [0, 0.05) is 11.4 Å². The van der Waals surface area contributed by atoms with Crippen molar-refractivity contribution in [3.05, 3.63) is 191 Å². The largest absolute Gasteiger partial charge is 0.497 e. The van der Waals surface area contributed by atoms with Gasteiger partial charge in [-0.3, -0.25) is 0 Å². The van der Waals surface area contributed by atoms with E-state index >= 15 is 0 Å². The number of hydrogen-bond donors (Lipinski definition) is 2. The van der Waals surface area contributed by atoms with Crippen LogP contribution in [0.5, 0.6) is 23.0 Å². The summed E-state index contributed by atoms with van der Waals surface area (Å²) in [7, 11) is 3.24. The van der Waals surface area contributed by atoms with Gasteiger partial charge < -0.3 is 38.6 Å². The third-order valence-electron chi connectivity index (χ3n) is 10.7. The van der Waals surface area contributed by atoms with E-state index in [1.165, 1.54) is 23.1 Å². The highest BCUT2D eigenvalue weighted by Gasteiger charge is 2.37. The van der Waals surface area contributed by atoms with E-state index in [2.05, 4.69) is 62.1 Å². The minimum atomic E-state index is -1.28. The zero-order valence-corrected chi connectivity index (χ0v) is 39.1. The topological polar surface area (TPSA) is 173 Å². The number of nitrogens with one attached hydrogen (secondary N) is 1. The van der Waals surface area contributed by atoms with Crippen LogP contribution in [0.3, 0.4) is 0 Å². The molecule has 346 valence electrons. The normalized spacial score (nSPS) is 12.0. The average Bonchev–Trinajstić information content (AvgIpc) is 4.06. The number of thioether (sulfide) groups is 1. The monoisotopic (exact) mass is 948 g/mol. The molecule has 3 aromatic heterocycles. The van der Waals surface area contributed by atoms with E-state index in [0.717, 1.165) is 45.7 Å². The molecule has 0 bridgehead atoms. The van der Waals surface area contributed by atoms with Gasteiger partial charge in [0.1, 0.15) is 48.2 Å². The number of carboxylic acid groups (broad SMARTS) is 1. The number of pyridine rings is 1. The van der Waals surface area contributed by atoms with Crippen molar-refractivity contribution in [2.24, 2.45) is 5.16 Å². The Labute approximate surface area is 402 Å².